The fraction of sp³-hybridized carbons (Fsp3) is 0.500. The fourth-order valence-electron chi connectivity index (χ4n) is 1.33. The van der Waals surface area contributed by atoms with E-state index in [0.717, 1.165) is 12.1 Å². The highest BCUT2D eigenvalue weighted by molar-refractivity contribution is 9.10. The Balaban J connectivity index is 3.14. The first-order chi connectivity index (χ1) is 9.86. The number of hydrogen-bond donors (Lipinski definition) is 2. The van der Waals surface area contributed by atoms with Crippen LogP contribution in [0.5, 0.6) is 5.75 Å². The van der Waals surface area contributed by atoms with Crippen molar-refractivity contribution in [2.45, 2.75) is 25.1 Å². The molecule has 22 heavy (non-hydrogen) atoms. The number of hydrogen-bond acceptors (Lipinski definition) is 4. The number of alkyl halides is 3. The monoisotopic (exact) mass is 405 g/mol. The van der Waals surface area contributed by atoms with Crippen LogP contribution < -0.4 is 9.46 Å². The second-order valence-electron chi connectivity index (χ2n) is 5.29. The van der Waals surface area contributed by atoms with Gasteiger partial charge in [-0.1, -0.05) is 29.8 Å². The van der Waals surface area contributed by atoms with E-state index in [-0.39, 0.29) is 17.6 Å². The van der Waals surface area contributed by atoms with E-state index in [2.05, 4.69) is 25.4 Å². The first-order valence-electron chi connectivity index (χ1n) is 6.02. The normalized spacial score (nSPS) is 13.2. The molecule has 1 rings (SSSR count). The van der Waals surface area contributed by atoms with Crippen molar-refractivity contribution in [2.75, 3.05) is 13.2 Å². The van der Waals surface area contributed by atoms with Crippen LogP contribution in [0.15, 0.2) is 27.6 Å². The summed E-state index contributed by atoms with van der Waals surface area (Å²) < 4.78 is 67.6. The molecule has 0 aliphatic rings. The lowest BCUT2D eigenvalue weighted by molar-refractivity contribution is -0.275. The molecule has 0 atom stereocenters. The number of benzene rings is 1. The van der Waals surface area contributed by atoms with Gasteiger partial charge < -0.3 is 9.84 Å². The highest BCUT2D eigenvalue weighted by Crippen LogP contribution is 2.32. The molecule has 2 N–H and O–H groups in total. The fourth-order valence-corrected chi connectivity index (χ4v) is 3.02. The molecule has 5 nitrogen and oxygen atoms in total. The summed E-state index contributed by atoms with van der Waals surface area (Å²) >= 11 is 2.96. The number of rotatable bonds is 6. The van der Waals surface area contributed by atoms with Crippen molar-refractivity contribution in [1.29, 1.82) is 0 Å². The zero-order valence-corrected chi connectivity index (χ0v) is 14.1. The van der Waals surface area contributed by atoms with Crippen LogP contribution in [0.3, 0.4) is 0 Å². The smallest absolute Gasteiger partial charge is 0.404 e. The Bertz CT molecular complexity index is 632. The van der Waals surface area contributed by atoms with Crippen molar-refractivity contribution in [2.24, 2.45) is 5.41 Å². The lowest BCUT2D eigenvalue weighted by atomic mass is 9.96. The molecule has 0 bridgehead atoms. The van der Waals surface area contributed by atoms with E-state index < -0.39 is 32.4 Å². The van der Waals surface area contributed by atoms with Gasteiger partial charge in [0.25, 0.3) is 0 Å². The van der Waals surface area contributed by atoms with Crippen molar-refractivity contribution in [1.82, 2.24) is 4.72 Å². The molecule has 0 heterocycles. The van der Waals surface area contributed by atoms with Crippen LogP contribution in [-0.2, 0) is 10.0 Å². The molecule has 0 saturated heterocycles. The predicted molar refractivity (Wildman–Crippen MR) is 76.9 cm³/mol. The van der Waals surface area contributed by atoms with Gasteiger partial charge in [-0.15, -0.1) is 13.2 Å². The van der Waals surface area contributed by atoms with Gasteiger partial charge in [-0.25, -0.2) is 13.1 Å². The van der Waals surface area contributed by atoms with E-state index in [0.29, 0.717) is 0 Å². The maximum absolute atomic E-state index is 12.4. The molecule has 0 radical (unpaired) electrons. The lowest BCUT2D eigenvalue weighted by Crippen LogP contribution is -2.36. The minimum Gasteiger partial charge on any atom is -0.404 e. The Labute approximate surface area is 134 Å². The van der Waals surface area contributed by atoms with Gasteiger partial charge in [0.2, 0.25) is 10.0 Å². The Hall–Kier alpha value is -0.840. The predicted octanol–water partition coefficient (Wildman–Crippen LogP) is 2.64. The summed E-state index contributed by atoms with van der Waals surface area (Å²) in [6, 6.07) is 3.20. The molecule has 10 heteroatoms. The number of nitrogens with one attached hydrogen (secondary N) is 1. The highest BCUT2D eigenvalue weighted by atomic mass is 79.9. The van der Waals surface area contributed by atoms with Crippen molar-refractivity contribution < 1.29 is 31.4 Å². The summed E-state index contributed by atoms with van der Waals surface area (Å²) in [6.45, 7) is 2.77. The third-order valence-corrected chi connectivity index (χ3v) is 4.52. The number of sulfonamides is 1. The van der Waals surface area contributed by atoms with Gasteiger partial charge in [-0.2, -0.15) is 0 Å². The summed E-state index contributed by atoms with van der Waals surface area (Å²) in [7, 11) is -4.23. The van der Waals surface area contributed by atoms with E-state index in [1.807, 2.05) is 0 Å². The molecule has 0 aliphatic carbocycles. The van der Waals surface area contributed by atoms with Crippen LogP contribution >= 0.6 is 15.9 Å². The van der Waals surface area contributed by atoms with E-state index in [1.54, 1.807) is 13.8 Å². The van der Waals surface area contributed by atoms with Crippen LogP contribution in [0.2, 0.25) is 0 Å². The number of ether oxygens (including phenoxy) is 1. The molecular weight excluding hydrogens is 391 g/mol. The number of aliphatic hydroxyl groups excluding tert-OH is 1. The topological polar surface area (TPSA) is 75.6 Å². The third kappa shape index (κ3) is 5.75. The Morgan fingerprint density at radius 2 is 1.91 bits per heavy atom. The zero-order valence-electron chi connectivity index (χ0n) is 11.7. The summed E-state index contributed by atoms with van der Waals surface area (Å²) in [4.78, 5) is -0.637. The van der Waals surface area contributed by atoms with Crippen molar-refractivity contribution in [3.8, 4) is 5.75 Å². The number of halogens is 4. The minimum absolute atomic E-state index is 0.145. The van der Waals surface area contributed by atoms with Gasteiger partial charge in [0.1, 0.15) is 4.90 Å². The van der Waals surface area contributed by atoms with Crippen LogP contribution in [0.1, 0.15) is 13.8 Å². The van der Waals surface area contributed by atoms with Crippen LogP contribution in [-0.4, -0.2) is 33.0 Å². The standard InChI is InChI=1S/C12H15BrF3NO4S/c1-11(2,7-18)6-17-22(19,20)10-4-3-8(13)5-9(10)21-12(14,15)16/h3-5,17-18H,6-7H2,1-2H3. The largest absolute Gasteiger partial charge is 0.573 e. The number of aliphatic hydroxyl groups is 1. The molecule has 0 amide bonds. The average molecular weight is 406 g/mol. The molecule has 0 aromatic heterocycles. The van der Waals surface area contributed by atoms with Gasteiger partial charge in [0.05, 0.1) is 0 Å². The second kappa shape index (κ2) is 6.73. The Morgan fingerprint density at radius 3 is 2.41 bits per heavy atom. The van der Waals surface area contributed by atoms with E-state index in [9.17, 15) is 21.6 Å². The molecule has 0 saturated carbocycles. The van der Waals surface area contributed by atoms with Gasteiger partial charge in [0, 0.05) is 23.0 Å². The van der Waals surface area contributed by atoms with Crippen LogP contribution in [0.25, 0.3) is 0 Å². The lowest BCUT2D eigenvalue weighted by Gasteiger charge is -2.22. The molecule has 0 unspecified atom stereocenters. The average Bonchev–Trinajstić information content (AvgIpc) is 2.34. The molecule has 126 valence electrons. The van der Waals surface area contributed by atoms with E-state index >= 15 is 0 Å². The van der Waals surface area contributed by atoms with Crippen molar-refractivity contribution in [3.05, 3.63) is 22.7 Å². The highest BCUT2D eigenvalue weighted by Gasteiger charge is 2.34. The summed E-state index contributed by atoms with van der Waals surface area (Å²) in [5.41, 5.74) is -0.756. The van der Waals surface area contributed by atoms with Gasteiger partial charge in [-0.05, 0) is 18.2 Å². The van der Waals surface area contributed by atoms with Gasteiger partial charge in [0.15, 0.2) is 5.75 Å². The Kier molecular flexibility index (Phi) is 5.88. The van der Waals surface area contributed by atoms with Gasteiger partial charge >= 0.3 is 6.36 Å². The molecule has 1 aromatic rings. The van der Waals surface area contributed by atoms with Crippen LogP contribution in [0.4, 0.5) is 13.2 Å². The zero-order chi connectivity index (χ0) is 17.2. The van der Waals surface area contributed by atoms with Gasteiger partial charge in [-0.3, -0.25) is 0 Å². The summed E-state index contributed by atoms with van der Waals surface area (Å²) in [6.07, 6.45) is -5.02. The first-order valence-corrected chi connectivity index (χ1v) is 8.30. The molecular formula is C12H15BrF3NO4S. The van der Waals surface area contributed by atoms with E-state index in [1.165, 1.54) is 6.07 Å². The van der Waals surface area contributed by atoms with Crippen molar-refractivity contribution >= 4 is 26.0 Å². The maximum atomic E-state index is 12.4. The molecule has 1 aromatic carbocycles. The van der Waals surface area contributed by atoms with E-state index in [4.69, 9.17) is 5.11 Å². The summed E-state index contributed by atoms with van der Waals surface area (Å²) in [5.74, 6) is -0.837. The molecule has 0 spiro atoms. The maximum Gasteiger partial charge on any atom is 0.573 e. The third-order valence-electron chi connectivity index (χ3n) is 2.59. The molecule has 0 aliphatic heterocycles. The second-order valence-corrected chi connectivity index (χ2v) is 7.94. The molecule has 0 fully saturated rings. The minimum atomic E-state index is -5.02. The summed E-state index contributed by atoms with van der Waals surface area (Å²) in [5, 5.41) is 9.09. The Morgan fingerprint density at radius 1 is 1.32 bits per heavy atom. The van der Waals surface area contributed by atoms with Crippen LogP contribution in [0, 0.1) is 5.41 Å². The SMILES string of the molecule is CC(C)(CO)CNS(=O)(=O)c1ccc(Br)cc1OC(F)(F)F. The quantitative estimate of drug-likeness (QED) is 0.762. The van der Waals surface area contributed by atoms with Crippen molar-refractivity contribution in [3.63, 3.8) is 0 Å². The first kappa shape index (κ1) is 19.2.